The van der Waals surface area contributed by atoms with Crippen molar-refractivity contribution < 1.29 is 14.3 Å². The lowest BCUT2D eigenvalue weighted by molar-refractivity contribution is -0.137. The van der Waals surface area contributed by atoms with Crippen molar-refractivity contribution in [1.29, 1.82) is 0 Å². The van der Waals surface area contributed by atoms with E-state index in [2.05, 4.69) is 6.58 Å². The molecule has 0 saturated heterocycles. The normalized spacial score (nSPS) is 12.6. The molecule has 0 radical (unpaired) electrons. The van der Waals surface area contributed by atoms with Crippen LogP contribution in [0, 0.1) is 0 Å². The van der Waals surface area contributed by atoms with Crippen LogP contribution in [-0.4, -0.2) is 30.2 Å². The molecular formula is C13H24O3. The maximum atomic E-state index is 11.4. The minimum absolute atomic E-state index is 0.0956. The topological polar surface area (TPSA) is 35.5 Å². The molecule has 94 valence electrons. The summed E-state index contributed by atoms with van der Waals surface area (Å²) in [6.45, 7) is 14.1. The Morgan fingerprint density at radius 3 is 2.25 bits per heavy atom. The second kappa shape index (κ2) is 6.16. The van der Waals surface area contributed by atoms with Gasteiger partial charge in [0.15, 0.2) is 5.78 Å². The van der Waals surface area contributed by atoms with Gasteiger partial charge in [-0.3, -0.25) is 4.79 Å². The maximum absolute atomic E-state index is 11.4. The van der Waals surface area contributed by atoms with E-state index in [1.807, 2.05) is 20.8 Å². The lowest BCUT2D eigenvalue weighted by atomic mass is 10.0. The molecule has 0 aliphatic rings. The summed E-state index contributed by atoms with van der Waals surface area (Å²) < 4.78 is 11.1. The molecule has 0 heterocycles. The third kappa shape index (κ3) is 5.42. The predicted molar refractivity (Wildman–Crippen MR) is 65.6 cm³/mol. The summed E-state index contributed by atoms with van der Waals surface area (Å²) in [6.07, 6.45) is 2.06. The molecule has 0 aliphatic heterocycles. The molecule has 0 aromatic carbocycles. The van der Waals surface area contributed by atoms with Gasteiger partial charge in [-0.2, -0.15) is 0 Å². The fourth-order valence-electron chi connectivity index (χ4n) is 1.33. The van der Waals surface area contributed by atoms with Crippen LogP contribution in [-0.2, 0) is 14.3 Å². The van der Waals surface area contributed by atoms with Gasteiger partial charge < -0.3 is 9.47 Å². The van der Waals surface area contributed by atoms with Gasteiger partial charge >= 0.3 is 0 Å². The quantitative estimate of drug-likeness (QED) is 0.599. The Hall–Kier alpha value is -0.670. The summed E-state index contributed by atoms with van der Waals surface area (Å²) in [5.74, 6) is -0.0956. The summed E-state index contributed by atoms with van der Waals surface area (Å²) >= 11 is 0. The Labute approximate surface area is 98.8 Å². The van der Waals surface area contributed by atoms with Crippen LogP contribution in [0.1, 0.15) is 41.0 Å². The third-order valence-corrected chi connectivity index (χ3v) is 2.48. The van der Waals surface area contributed by atoms with Crippen molar-refractivity contribution in [3.8, 4) is 0 Å². The largest absolute Gasteiger partial charge is 0.376 e. The van der Waals surface area contributed by atoms with E-state index in [9.17, 15) is 4.79 Å². The van der Waals surface area contributed by atoms with Crippen molar-refractivity contribution >= 4 is 5.78 Å². The number of carbonyl (C=O) groups excluding carboxylic acids is 1. The molecular weight excluding hydrogens is 204 g/mol. The first-order valence-corrected chi connectivity index (χ1v) is 5.70. The standard InChI is InChI=1S/C13H24O3/c1-7-11(14)13(5,6)16-10-9-12(3,4)15-8-2/h7H,1,8-10H2,2-6H3. The lowest BCUT2D eigenvalue weighted by Crippen LogP contribution is -2.36. The van der Waals surface area contributed by atoms with Crippen LogP contribution in [0.25, 0.3) is 0 Å². The lowest BCUT2D eigenvalue weighted by Gasteiger charge is -2.28. The van der Waals surface area contributed by atoms with Gasteiger partial charge in [-0.1, -0.05) is 6.58 Å². The minimum Gasteiger partial charge on any atom is -0.376 e. The number of carbonyl (C=O) groups is 1. The van der Waals surface area contributed by atoms with E-state index in [1.54, 1.807) is 13.8 Å². The number of hydrogen-bond acceptors (Lipinski definition) is 3. The first-order chi connectivity index (χ1) is 7.25. The average Bonchev–Trinajstić information content (AvgIpc) is 2.15. The van der Waals surface area contributed by atoms with Gasteiger partial charge in [0.1, 0.15) is 5.60 Å². The smallest absolute Gasteiger partial charge is 0.186 e. The van der Waals surface area contributed by atoms with Crippen LogP contribution in [0.5, 0.6) is 0 Å². The number of ether oxygens (including phenoxy) is 2. The molecule has 0 aromatic heterocycles. The molecule has 0 unspecified atom stereocenters. The van der Waals surface area contributed by atoms with Crippen LogP contribution in [0.3, 0.4) is 0 Å². The van der Waals surface area contributed by atoms with Crippen LogP contribution in [0.2, 0.25) is 0 Å². The zero-order valence-corrected chi connectivity index (χ0v) is 11.1. The second-order valence-electron chi connectivity index (χ2n) is 4.87. The van der Waals surface area contributed by atoms with Gasteiger partial charge in [-0.05, 0) is 47.1 Å². The van der Waals surface area contributed by atoms with Crippen molar-refractivity contribution in [3.63, 3.8) is 0 Å². The summed E-state index contributed by atoms with van der Waals surface area (Å²) in [5.41, 5.74) is -0.994. The zero-order chi connectivity index (χ0) is 12.8. The maximum Gasteiger partial charge on any atom is 0.186 e. The highest BCUT2D eigenvalue weighted by atomic mass is 16.5. The Kier molecular flexibility index (Phi) is 5.90. The summed E-state index contributed by atoms with van der Waals surface area (Å²) in [5, 5.41) is 0. The van der Waals surface area contributed by atoms with Gasteiger partial charge in [-0.25, -0.2) is 0 Å². The second-order valence-corrected chi connectivity index (χ2v) is 4.87. The number of ketones is 1. The molecule has 0 aromatic rings. The number of hydrogen-bond donors (Lipinski definition) is 0. The predicted octanol–water partition coefficient (Wildman–Crippen LogP) is 2.74. The van der Waals surface area contributed by atoms with Crippen LogP contribution in [0.4, 0.5) is 0 Å². The van der Waals surface area contributed by atoms with E-state index in [0.29, 0.717) is 13.2 Å². The van der Waals surface area contributed by atoms with Gasteiger partial charge in [0.05, 0.1) is 12.2 Å². The van der Waals surface area contributed by atoms with Crippen molar-refractivity contribution in [2.45, 2.75) is 52.2 Å². The van der Waals surface area contributed by atoms with E-state index in [-0.39, 0.29) is 11.4 Å². The van der Waals surface area contributed by atoms with Gasteiger partial charge in [0, 0.05) is 6.61 Å². The van der Waals surface area contributed by atoms with Crippen LogP contribution >= 0.6 is 0 Å². The number of rotatable bonds is 8. The highest BCUT2D eigenvalue weighted by Gasteiger charge is 2.27. The fraction of sp³-hybridized carbons (Fsp3) is 0.769. The van der Waals surface area contributed by atoms with Crippen molar-refractivity contribution in [2.75, 3.05) is 13.2 Å². The average molecular weight is 228 g/mol. The summed E-state index contributed by atoms with van der Waals surface area (Å²) in [4.78, 5) is 11.4. The highest BCUT2D eigenvalue weighted by Crippen LogP contribution is 2.17. The van der Waals surface area contributed by atoms with Gasteiger partial charge in [0.2, 0.25) is 0 Å². The molecule has 3 heteroatoms. The molecule has 16 heavy (non-hydrogen) atoms. The zero-order valence-electron chi connectivity index (χ0n) is 11.1. The van der Waals surface area contributed by atoms with Crippen molar-refractivity contribution in [2.24, 2.45) is 0 Å². The first-order valence-electron chi connectivity index (χ1n) is 5.70. The molecule has 3 nitrogen and oxygen atoms in total. The Morgan fingerprint density at radius 1 is 1.25 bits per heavy atom. The van der Waals surface area contributed by atoms with Gasteiger partial charge in [-0.15, -0.1) is 0 Å². The van der Waals surface area contributed by atoms with E-state index in [1.165, 1.54) is 6.08 Å². The SMILES string of the molecule is C=CC(=O)C(C)(C)OCCC(C)(C)OCC. The molecule has 0 fully saturated rings. The van der Waals surface area contributed by atoms with E-state index in [0.717, 1.165) is 6.42 Å². The Balaban J connectivity index is 4.07. The Morgan fingerprint density at radius 2 is 1.81 bits per heavy atom. The molecule has 0 aliphatic carbocycles. The van der Waals surface area contributed by atoms with E-state index < -0.39 is 5.60 Å². The van der Waals surface area contributed by atoms with Crippen LogP contribution in [0.15, 0.2) is 12.7 Å². The van der Waals surface area contributed by atoms with Crippen molar-refractivity contribution in [1.82, 2.24) is 0 Å². The molecule has 0 saturated carbocycles. The molecule has 0 amide bonds. The fourth-order valence-corrected chi connectivity index (χ4v) is 1.33. The first kappa shape index (κ1) is 15.3. The molecule has 0 bridgehead atoms. The van der Waals surface area contributed by atoms with E-state index in [4.69, 9.17) is 9.47 Å². The molecule has 0 rings (SSSR count). The molecule has 0 atom stereocenters. The van der Waals surface area contributed by atoms with E-state index >= 15 is 0 Å². The summed E-state index contributed by atoms with van der Waals surface area (Å²) in [6, 6.07) is 0. The third-order valence-electron chi connectivity index (χ3n) is 2.48. The monoisotopic (exact) mass is 228 g/mol. The Bertz CT molecular complexity index is 242. The van der Waals surface area contributed by atoms with Gasteiger partial charge in [0.25, 0.3) is 0 Å². The molecule has 0 spiro atoms. The minimum atomic E-state index is -0.788. The van der Waals surface area contributed by atoms with Crippen LogP contribution < -0.4 is 0 Å². The van der Waals surface area contributed by atoms with Crippen molar-refractivity contribution in [3.05, 3.63) is 12.7 Å². The summed E-state index contributed by atoms with van der Waals surface area (Å²) in [7, 11) is 0. The highest BCUT2D eigenvalue weighted by molar-refractivity contribution is 5.95. The molecule has 0 N–H and O–H groups in total.